The molecule has 0 bridgehead atoms. The summed E-state index contributed by atoms with van der Waals surface area (Å²) in [5.41, 5.74) is 6.57. The molecule has 8 heteroatoms. The van der Waals surface area contributed by atoms with Crippen molar-refractivity contribution in [1.82, 2.24) is 34.9 Å². The van der Waals surface area contributed by atoms with Crippen molar-refractivity contribution in [3.63, 3.8) is 0 Å². The molecule has 176 valence electrons. The van der Waals surface area contributed by atoms with E-state index in [4.69, 9.17) is 10.1 Å². The molecular weight excluding hydrogens is 424 g/mol. The average Bonchev–Trinajstić information content (AvgIpc) is 3.18. The second-order valence-electron chi connectivity index (χ2n) is 9.32. The van der Waals surface area contributed by atoms with Crippen LogP contribution >= 0.6 is 0 Å². The van der Waals surface area contributed by atoms with Crippen LogP contribution in [0.15, 0.2) is 42.7 Å². The normalized spacial score (nSPS) is 14.7. The number of nitrogens with zero attached hydrogens (tertiary/aromatic N) is 6. The van der Waals surface area contributed by atoms with Crippen molar-refractivity contribution in [2.75, 3.05) is 31.5 Å². The zero-order chi connectivity index (χ0) is 23.7. The lowest BCUT2D eigenvalue weighted by Crippen LogP contribution is -2.42. The average molecular weight is 457 g/mol. The van der Waals surface area contributed by atoms with E-state index in [-0.39, 0.29) is 0 Å². The molecule has 8 nitrogen and oxygen atoms in total. The third-order valence-corrected chi connectivity index (χ3v) is 6.35. The van der Waals surface area contributed by atoms with Crippen LogP contribution in [0.3, 0.4) is 0 Å². The van der Waals surface area contributed by atoms with Gasteiger partial charge in [0.2, 0.25) is 5.95 Å². The summed E-state index contributed by atoms with van der Waals surface area (Å²) >= 11 is 0. The van der Waals surface area contributed by atoms with E-state index < -0.39 is 0 Å². The summed E-state index contributed by atoms with van der Waals surface area (Å²) in [6, 6.07) is 10.4. The zero-order valence-electron chi connectivity index (χ0n) is 20.3. The molecule has 0 amide bonds. The molecule has 0 aliphatic carbocycles. The Bertz CT molecular complexity index is 1290. The first kappa shape index (κ1) is 22.4. The zero-order valence-corrected chi connectivity index (χ0v) is 20.3. The van der Waals surface area contributed by atoms with Crippen LogP contribution < -0.4 is 10.6 Å². The molecule has 4 heterocycles. The van der Waals surface area contributed by atoms with E-state index >= 15 is 0 Å². The number of hydrogen-bond acceptors (Lipinski definition) is 7. The number of piperazine rings is 1. The molecule has 1 aliphatic rings. The molecule has 5 rings (SSSR count). The monoisotopic (exact) mass is 456 g/mol. The van der Waals surface area contributed by atoms with Crippen molar-refractivity contribution in [1.29, 1.82) is 0 Å². The Kier molecular flexibility index (Phi) is 6.26. The van der Waals surface area contributed by atoms with Crippen molar-refractivity contribution in [2.24, 2.45) is 7.05 Å². The number of pyridine rings is 1. The van der Waals surface area contributed by atoms with E-state index in [1.54, 1.807) is 6.20 Å². The second-order valence-corrected chi connectivity index (χ2v) is 9.32. The van der Waals surface area contributed by atoms with Crippen molar-refractivity contribution in [3.8, 4) is 11.3 Å². The van der Waals surface area contributed by atoms with Gasteiger partial charge in [0.25, 0.3) is 0 Å². The number of fused-ring (bicyclic) bond motifs is 1. The number of benzene rings is 1. The Labute approximate surface area is 200 Å². The van der Waals surface area contributed by atoms with Gasteiger partial charge >= 0.3 is 0 Å². The minimum atomic E-state index is 0.382. The molecule has 3 aromatic heterocycles. The fraction of sp³-hybridized carbons (Fsp3) is 0.385. The van der Waals surface area contributed by atoms with Crippen LogP contribution in [-0.4, -0.2) is 55.8 Å². The molecule has 1 fully saturated rings. The summed E-state index contributed by atoms with van der Waals surface area (Å²) in [7, 11) is 2.02. The molecule has 0 saturated carbocycles. The lowest BCUT2D eigenvalue weighted by molar-refractivity contribution is 0.233. The maximum Gasteiger partial charge on any atom is 0.228 e. The van der Waals surface area contributed by atoms with Gasteiger partial charge in [-0.25, -0.2) is 15.0 Å². The highest BCUT2D eigenvalue weighted by Crippen LogP contribution is 2.31. The number of rotatable bonds is 6. The van der Waals surface area contributed by atoms with Gasteiger partial charge < -0.3 is 10.6 Å². The van der Waals surface area contributed by atoms with Crippen molar-refractivity contribution < 1.29 is 0 Å². The minimum absolute atomic E-state index is 0.382. The Morgan fingerprint density at radius 1 is 1.09 bits per heavy atom. The van der Waals surface area contributed by atoms with Crippen LogP contribution in [-0.2, 0) is 13.6 Å². The summed E-state index contributed by atoms with van der Waals surface area (Å²) in [5, 5.41) is 12.6. The third-order valence-electron chi connectivity index (χ3n) is 6.35. The molecule has 2 N–H and O–H groups in total. The highest BCUT2D eigenvalue weighted by Gasteiger charge is 2.16. The molecule has 1 saturated heterocycles. The van der Waals surface area contributed by atoms with Gasteiger partial charge in [0.1, 0.15) is 5.82 Å². The van der Waals surface area contributed by atoms with Crippen molar-refractivity contribution >= 4 is 22.7 Å². The van der Waals surface area contributed by atoms with Crippen LogP contribution in [0.5, 0.6) is 0 Å². The minimum Gasteiger partial charge on any atom is -0.314 e. The first-order valence-electron chi connectivity index (χ1n) is 11.9. The first-order valence-corrected chi connectivity index (χ1v) is 11.9. The van der Waals surface area contributed by atoms with Gasteiger partial charge in [-0.15, -0.1) is 0 Å². The third kappa shape index (κ3) is 4.64. The fourth-order valence-electron chi connectivity index (χ4n) is 4.73. The highest BCUT2D eigenvalue weighted by molar-refractivity contribution is 5.89. The predicted octanol–water partition coefficient (Wildman–Crippen LogP) is 4.01. The van der Waals surface area contributed by atoms with Gasteiger partial charge in [-0.2, -0.15) is 5.10 Å². The van der Waals surface area contributed by atoms with E-state index in [0.717, 1.165) is 60.9 Å². The van der Waals surface area contributed by atoms with Gasteiger partial charge in [-0.05, 0) is 48.2 Å². The van der Waals surface area contributed by atoms with E-state index in [9.17, 15) is 0 Å². The summed E-state index contributed by atoms with van der Waals surface area (Å²) in [6.45, 7) is 11.7. The molecule has 0 unspecified atom stereocenters. The molecule has 1 aromatic carbocycles. The first-order chi connectivity index (χ1) is 16.5. The van der Waals surface area contributed by atoms with Crippen LogP contribution in [0.2, 0.25) is 0 Å². The number of aromatic nitrogens is 5. The largest absolute Gasteiger partial charge is 0.314 e. The summed E-state index contributed by atoms with van der Waals surface area (Å²) < 4.78 is 2.00. The van der Waals surface area contributed by atoms with Gasteiger partial charge in [0.15, 0.2) is 0 Å². The van der Waals surface area contributed by atoms with Crippen molar-refractivity contribution in [3.05, 3.63) is 59.5 Å². The Morgan fingerprint density at radius 3 is 2.65 bits per heavy atom. The fourth-order valence-corrected chi connectivity index (χ4v) is 4.73. The van der Waals surface area contributed by atoms with Gasteiger partial charge in [-0.3, -0.25) is 9.58 Å². The lowest BCUT2D eigenvalue weighted by atomic mass is 10.00. The molecule has 34 heavy (non-hydrogen) atoms. The quantitative estimate of drug-likeness (QED) is 0.454. The van der Waals surface area contributed by atoms with E-state index in [2.05, 4.69) is 64.5 Å². The Balaban J connectivity index is 1.36. The standard InChI is InChI=1S/C26H32N8/c1-17(2)25-21-14-20(13-18(3)24(21)32-33(25)4)22-7-8-28-26(30-22)31-23-6-5-19(15-29-23)16-34-11-9-27-10-12-34/h5-8,13-15,17,27H,9-12,16H2,1-4H3,(H,28,29,30,31). The molecule has 4 aromatic rings. The Morgan fingerprint density at radius 2 is 1.91 bits per heavy atom. The van der Waals surface area contributed by atoms with Crippen molar-refractivity contribution in [2.45, 2.75) is 33.2 Å². The van der Waals surface area contributed by atoms with Crippen LogP contribution in [0, 0.1) is 6.92 Å². The van der Waals surface area contributed by atoms with Crippen LogP contribution in [0.4, 0.5) is 11.8 Å². The van der Waals surface area contributed by atoms with E-state index in [1.165, 1.54) is 16.6 Å². The number of hydrogen-bond donors (Lipinski definition) is 2. The lowest BCUT2D eigenvalue weighted by Gasteiger charge is -2.27. The number of nitrogens with one attached hydrogen (secondary N) is 2. The van der Waals surface area contributed by atoms with Gasteiger partial charge in [0.05, 0.1) is 11.2 Å². The molecule has 0 spiro atoms. The topological polar surface area (TPSA) is 83.8 Å². The predicted molar refractivity (Wildman–Crippen MR) is 136 cm³/mol. The summed E-state index contributed by atoms with van der Waals surface area (Å²) in [5.74, 6) is 1.66. The molecule has 0 radical (unpaired) electrons. The maximum atomic E-state index is 4.78. The smallest absolute Gasteiger partial charge is 0.228 e. The highest BCUT2D eigenvalue weighted by atomic mass is 15.3. The number of aryl methyl sites for hydroxylation is 2. The summed E-state index contributed by atoms with van der Waals surface area (Å²) in [6.07, 6.45) is 3.72. The van der Waals surface area contributed by atoms with Gasteiger partial charge in [0, 0.05) is 68.8 Å². The maximum absolute atomic E-state index is 4.78. The Hall–Kier alpha value is -3.36. The van der Waals surface area contributed by atoms with E-state index in [1.807, 2.05) is 30.1 Å². The van der Waals surface area contributed by atoms with Gasteiger partial charge in [-0.1, -0.05) is 19.9 Å². The van der Waals surface area contributed by atoms with Crippen LogP contribution in [0.25, 0.3) is 22.2 Å². The summed E-state index contributed by atoms with van der Waals surface area (Å²) in [4.78, 5) is 16.2. The molecule has 1 aliphatic heterocycles. The molecule has 0 atom stereocenters. The second kappa shape index (κ2) is 9.48. The number of anilines is 2. The van der Waals surface area contributed by atoms with E-state index in [0.29, 0.717) is 11.9 Å². The molecular formula is C26H32N8. The SMILES string of the molecule is Cc1cc(-c2ccnc(Nc3ccc(CN4CCNCC4)cn3)n2)cc2c(C(C)C)n(C)nc12. The van der Waals surface area contributed by atoms with Crippen LogP contribution in [0.1, 0.15) is 36.6 Å².